The lowest BCUT2D eigenvalue weighted by Gasteiger charge is -2.17. The number of carbonyl (C=O) groups is 1. The molecule has 0 spiro atoms. The molecule has 1 amide bonds. The smallest absolute Gasteiger partial charge is 0.433 e. The highest BCUT2D eigenvalue weighted by Crippen LogP contribution is 2.07. The predicted octanol–water partition coefficient (Wildman–Crippen LogP) is 1.04. The molecule has 0 heterocycles. The molecule has 14 heavy (non-hydrogen) atoms. The normalized spacial score (nSPS) is 13.7. The Balaban J connectivity index is 4.11. The van der Waals surface area contributed by atoms with Crippen LogP contribution in [0.1, 0.15) is 20.8 Å². The van der Waals surface area contributed by atoms with E-state index >= 15 is 0 Å². The van der Waals surface area contributed by atoms with E-state index in [9.17, 15) is 4.79 Å². The lowest BCUT2D eigenvalue weighted by atomic mass is 9.83. The van der Waals surface area contributed by atoms with E-state index in [4.69, 9.17) is 15.2 Å². The van der Waals surface area contributed by atoms with Crippen LogP contribution in [0.5, 0.6) is 0 Å². The summed E-state index contributed by atoms with van der Waals surface area (Å²) in [7, 11) is 0.765. The summed E-state index contributed by atoms with van der Waals surface area (Å²) in [5, 5.41) is 15.4. The van der Waals surface area contributed by atoms with Gasteiger partial charge in [0, 0.05) is 12.0 Å². The van der Waals surface area contributed by atoms with Crippen molar-refractivity contribution in [1.82, 2.24) is 0 Å². The van der Waals surface area contributed by atoms with Crippen LogP contribution in [-0.2, 0) is 4.74 Å². The minimum atomic E-state index is -0.730. The minimum Gasteiger partial charge on any atom is -0.453 e. The number of carbonyl (C=O) groups excluding carboxylic acids is 1. The first-order valence-electron chi connectivity index (χ1n) is 4.14. The van der Waals surface area contributed by atoms with Crippen molar-refractivity contribution < 1.29 is 14.6 Å². The van der Waals surface area contributed by atoms with Crippen molar-refractivity contribution in [3.05, 3.63) is 0 Å². The Morgan fingerprint density at radius 3 is 2.57 bits per heavy atom. The summed E-state index contributed by atoms with van der Waals surface area (Å²) in [5.74, 6) is -0.650. The van der Waals surface area contributed by atoms with Crippen molar-refractivity contribution in [3.8, 4) is 0 Å². The van der Waals surface area contributed by atoms with Crippen molar-refractivity contribution in [3.63, 3.8) is 0 Å². The van der Waals surface area contributed by atoms with E-state index in [1.807, 2.05) is 0 Å². The van der Waals surface area contributed by atoms with Crippen molar-refractivity contribution in [2.45, 2.75) is 32.2 Å². The summed E-state index contributed by atoms with van der Waals surface area (Å²) in [6.45, 7) is 5.19. The van der Waals surface area contributed by atoms with Crippen LogP contribution in [0.3, 0.4) is 0 Å². The fraction of sp³-hybridized carbons (Fsp3) is 0.625. The number of nitrogens with one attached hydrogen (secondary N) is 1. The van der Waals surface area contributed by atoms with E-state index in [0.29, 0.717) is 0 Å². The monoisotopic (exact) mass is 197 g/mol. The van der Waals surface area contributed by atoms with E-state index in [-0.39, 0.29) is 0 Å². The van der Waals surface area contributed by atoms with Gasteiger partial charge in [0.05, 0.1) is 0 Å². The van der Waals surface area contributed by atoms with Gasteiger partial charge in [0.25, 0.3) is 0 Å². The standard InChI is InChI=1S/C8H14BN2O3/c1-8(2,3)14-7(12)11-5-6(4-10)9-13/h4-6,10,13H,1-3H3. The van der Waals surface area contributed by atoms with Gasteiger partial charge in [-0.15, -0.1) is 0 Å². The maximum atomic E-state index is 11.0. The second-order valence-corrected chi connectivity index (χ2v) is 3.65. The fourth-order valence-electron chi connectivity index (χ4n) is 0.560. The lowest BCUT2D eigenvalue weighted by Crippen LogP contribution is -2.22. The minimum absolute atomic E-state index is 0.586. The van der Waals surface area contributed by atoms with Gasteiger partial charge in [0.2, 0.25) is 0 Å². The van der Waals surface area contributed by atoms with E-state index in [1.165, 1.54) is 0 Å². The van der Waals surface area contributed by atoms with Crippen molar-refractivity contribution in [2.75, 3.05) is 0 Å². The molecule has 0 saturated carbocycles. The summed E-state index contributed by atoms with van der Waals surface area (Å²) in [4.78, 5) is 14.4. The molecule has 0 aliphatic rings. The summed E-state index contributed by atoms with van der Waals surface area (Å²) < 4.78 is 4.87. The molecule has 0 aliphatic carbocycles. The molecule has 0 saturated heterocycles. The molecule has 6 heteroatoms. The molecule has 2 N–H and O–H groups in total. The first-order valence-corrected chi connectivity index (χ1v) is 4.14. The van der Waals surface area contributed by atoms with Gasteiger partial charge in [-0.3, -0.25) is 0 Å². The van der Waals surface area contributed by atoms with Crippen LogP contribution in [0.25, 0.3) is 0 Å². The Kier molecular flexibility index (Phi) is 5.08. The van der Waals surface area contributed by atoms with Crippen LogP contribution in [-0.4, -0.2) is 36.6 Å². The van der Waals surface area contributed by atoms with Crippen LogP contribution in [0.4, 0.5) is 4.79 Å². The first-order chi connectivity index (χ1) is 6.39. The molecule has 0 aromatic heterocycles. The number of amides is 1. The zero-order valence-corrected chi connectivity index (χ0v) is 8.52. The molecule has 1 unspecified atom stereocenters. The molecule has 5 nitrogen and oxygen atoms in total. The molecule has 0 fully saturated rings. The van der Waals surface area contributed by atoms with Gasteiger partial charge >= 0.3 is 13.6 Å². The largest absolute Gasteiger partial charge is 0.453 e. The average Bonchev–Trinajstić information content (AvgIpc) is 2.03. The summed E-state index contributed by atoms with van der Waals surface area (Å²) >= 11 is 0. The van der Waals surface area contributed by atoms with Crippen molar-refractivity contribution >= 4 is 26.0 Å². The van der Waals surface area contributed by atoms with Gasteiger partial charge in [-0.05, 0) is 27.0 Å². The van der Waals surface area contributed by atoms with Crippen molar-refractivity contribution in [1.29, 1.82) is 5.41 Å². The molecule has 0 aromatic carbocycles. The van der Waals surface area contributed by atoms with Crippen LogP contribution < -0.4 is 0 Å². The third-order valence-corrected chi connectivity index (χ3v) is 1.11. The van der Waals surface area contributed by atoms with Gasteiger partial charge < -0.3 is 15.2 Å². The highest BCUT2D eigenvalue weighted by atomic mass is 16.6. The summed E-state index contributed by atoms with van der Waals surface area (Å²) in [5.41, 5.74) is -0.586. The number of hydrogen-bond donors (Lipinski definition) is 2. The topological polar surface area (TPSA) is 82.7 Å². The Hall–Kier alpha value is -1.17. The molecule has 0 rings (SSSR count). The quantitative estimate of drug-likeness (QED) is 0.523. The fourth-order valence-corrected chi connectivity index (χ4v) is 0.560. The first kappa shape index (κ1) is 12.8. The van der Waals surface area contributed by atoms with Gasteiger partial charge in [0.15, 0.2) is 0 Å². The zero-order chi connectivity index (χ0) is 11.2. The second-order valence-electron chi connectivity index (χ2n) is 3.65. The van der Waals surface area contributed by atoms with Gasteiger partial charge in [-0.1, -0.05) is 0 Å². The number of nitrogens with zero attached hydrogens (tertiary/aromatic N) is 1. The molecule has 0 aliphatic heterocycles. The van der Waals surface area contributed by atoms with E-state index in [2.05, 4.69) is 4.99 Å². The molecule has 0 bridgehead atoms. The predicted molar refractivity (Wildman–Crippen MR) is 55.2 cm³/mol. The maximum Gasteiger partial charge on any atom is 0.433 e. The van der Waals surface area contributed by atoms with Gasteiger partial charge in [0.1, 0.15) is 5.60 Å². The third kappa shape index (κ3) is 6.36. The van der Waals surface area contributed by atoms with Crippen LogP contribution in [0, 0.1) is 5.41 Å². The third-order valence-electron chi connectivity index (χ3n) is 1.11. The Bertz CT molecular complexity index is 235. The Morgan fingerprint density at radius 2 is 2.21 bits per heavy atom. The number of hydrogen-bond acceptors (Lipinski definition) is 4. The van der Waals surface area contributed by atoms with Gasteiger partial charge in [-0.2, -0.15) is 4.99 Å². The Labute approximate surface area is 84.0 Å². The maximum absolute atomic E-state index is 11.0. The van der Waals surface area contributed by atoms with Crippen LogP contribution in [0.15, 0.2) is 4.99 Å². The molecular formula is C8H14BN2O3. The number of ether oxygens (including phenoxy) is 1. The van der Waals surface area contributed by atoms with Crippen LogP contribution >= 0.6 is 0 Å². The number of aliphatic imine (C=N–C) groups is 1. The molecule has 1 atom stereocenters. The second kappa shape index (κ2) is 5.54. The SMILES string of the molecule is CC(C)(C)OC(=O)N=CC([B]O)C=N. The molecule has 1 radical (unpaired) electrons. The molecule has 0 aromatic rings. The highest BCUT2D eigenvalue weighted by Gasteiger charge is 2.15. The Morgan fingerprint density at radius 1 is 1.64 bits per heavy atom. The van der Waals surface area contributed by atoms with Crippen LogP contribution in [0.2, 0.25) is 5.82 Å². The summed E-state index contributed by atoms with van der Waals surface area (Å²) in [6.07, 6.45) is 1.36. The van der Waals surface area contributed by atoms with E-state index in [0.717, 1.165) is 19.9 Å². The van der Waals surface area contributed by atoms with E-state index in [1.54, 1.807) is 20.8 Å². The zero-order valence-electron chi connectivity index (χ0n) is 8.52. The van der Waals surface area contributed by atoms with Crippen molar-refractivity contribution in [2.24, 2.45) is 4.99 Å². The number of rotatable bonds is 3. The van der Waals surface area contributed by atoms with E-state index < -0.39 is 17.5 Å². The molecular weight excluding hydrogens is 183 g/mol. The highest BCUT2D eigenvalue weighted by molar-refractivity contribution is 6.41. The summed E-state index contributed by atoms with van der Waals surface area (Å²) in [6, 6.07) is 0. The van der Waals surface area contributed by atoms with Gasteiger partial charge in [-0.25, -0.2) is 4.79 Å². The molecule has 77 valence electrons. The average molecular weight is 197 g/mol. The lowest BCUT2D eigenvalue weighted by molar-refractivity contribution is 0.0605.